The summed E-state index contributed by atoms with van der Waals surface area (Å²) in [5.41, 5.74) is 0. The van der Waals surface area contributed by atoms with E-state index in [9.17, 15) is 9.59 Å². The summed E-state index contributed by atoms with van der Waals surface area (Å²) in [6.07, 6.45) is 4.96. The van der Waals surface area contributed by atoms with Gasteiger partial charge >= 0.3 is 11.9 Å². The van der Waals surface area contributed by atoms with Crippen molar-refractivity contribution >= 4 is 23.8 Å². The molecule has 0 aromatic heterocycles. The Balaban J connectivity index is 0.000000534. The maximum atomic E-state index is 12.6. The number of amides is 2. The molecule has 0 radical (unpaired) electrons. The number of piperidine rings is 2. The van der Waals surface area contributed by atoms with Crippen LogP contribution in [-0.4, -0.2) is 119 Å². The van der Waals surface area contributed by atoms with Gasteiger partial charge in [0.05, 0.1) is 13.1 Å². The number of likely N-dealkylation sites (tertiary alicyclic amines) is 2. The van der Waals surface area contributed by atoms with Crippen molar-refractivity contribution in [2.24, 2.45) is 11.8 Å². The molecule has 0 aromatic rings. The minimum absolute atomic E-state index is 0.232. The fourth-order valence-electron chi connectivity index (χ4n) is 4.65. The summed E-state index contributed by atoms with van der Waals surface area (Å²) in [6, 6.07) is 0. The number of carboxylic acid groups (broad SMARTS) is 2. The van der Waals surface area contributed by atoms with Crippen molar-refractivity contribution in [3.05, 3.63) is 0 Å². The van der Waals surface area contributed by atoms with Gasteiger partial charge in [-0.1, -0.05) is 13.8 Å². The van der Waals surface area contributed by atoms with Gasteiger partial charge in [0.2, 0.25) is 11.8 Å². The summed E-state index contributed by atoms with van der Waals surface area (Å²) in [5.74, 6) is -1.79. The monoisotopic (exact) mass is 454 g/mol. The van der Waals surface area contributed by atoms with Crippen molar-refractivity contribution in [1.29, 1.82) is 0 Å². The molecule has 0 bridgehead atoms. The second-order valence-electron chi connectivity index (χ2n) is 9.34. The average molecular weight is 455 g/mol. The number of hydrogen-bond acceptors (Lipinski definition) is 6. The highest BCUT2D eigenvalue weighted by Crippen LogP contribution is 2.17. The lowest BCUT2D eigenvalue weighted by Crippen LogP contribution is -2.55. The normalized spacial score (nSPS) is 24.9. The molecule has 0 spiro atoms. The predicted molar refractivity (Wildman–Crippen MR) is 118 cm³/mol. The highest BCUT2D eigenvalue weighted by Gasteiger charge is 2.28. The Labute approximate surface area is 190 Å². The Morgan fingerprint density at radius 3 is 1.28 bits per heavy atom. The van der Waals surface area contributed by atoms with Crippen LogP contribution in [0.3, 0.4) is 0 Å². The van der Waals surface area contributed by atoms with Crippen molar-refractivity contribution in [3.63, 3.8) is 0 Å². The van der Waals surface area contributed by atoms with Gasteiger partial charge in [0.1, 0.15) is 0 Å². The first-order valence-corrected chi connectivity index (χ1v) is 11.6. The summed E-state index contributed by atoms with van der Waals surface area (Å²) >= 11 is 0. The third-order valence-corrected chi connectivity index (χ3v) is 6.37. The van der Waals surface area contributed by atoms with Crippen LogP contribution in [0.4, 0.5) is 0 Å². The first-order valence-electron chi connectivity index (χ1n) is 11.6. The van der Waals surface area contributed by atoms with Crippen LogP contribution in [0, 0.1) is 11.8 Å². The maximum Gasteiger partial charge on any atom is 0.414 e. The average Bonchev–Trinajstić information content (AvgIpc) is 2.74. The molecule has 10 heteroatoms. The van der Waals surface area contributed by atoms with Gasteiger partial charge in [-0.05, 0) is 50.6 Å². The van der Waals surface area contributed by atoms with Gasteiger partial charge in [0, 0.05) is 39.3 Å². The molecule has 3 rings (SSSR count). The zero-order valence-corrected chi connectivity index (χ0v) is 19.4. The lowest BCUT2D eigenvalue weighted by atomic mass is 10.0. The van der Waals surface area contributed by atoms with E-state index < -0.39 is 11.9 Å². The molecule has 3 aliphatic heterocycles. The van der Waals surface area contributed by atoms with Crippen molar-refractivity contribution in [2.45, 2.75) is 39.5 Å². The molecule has 0 aromatic carbocycles. The van der Waals surface area contributed by atoms with E-state index in [1.54, 1.807) is 0 Å². The molecule has 2 atom stereocenters. The smallest absolute Gasteiger partial charge is 0.414 e. The van der Waals surface area contributed by atoms with Crippen LogP contribution in [0.25, 0.3) is 0 Å². The van der Waals surface area contributed by atoms with E-state index in [4.69, 9.17) is 19.8 Å². The summed E-state index contributed by atoms with van der Waals surface area (Å²) in [4.78, 5) is 51.8. The molecule has 182 valence electrons. The molecular formula is C22H38N4O6. The fraction of sp³-hybridized carbons (Fsp3) is 0.818. The molecular weight excluding hydrogens is 416 g/mol. The van der Waals surface area contributed by atoms with Crippen molar-refractivity contribution < 1.29 is 29.4 Å². The Morgan fingerprint density at radius 1 is 0.656 bits per heavy atom. The maximum absolute atomic E-state index is 12.6. The second kappa shape index (κ2) is 12.7. The van der Waals surface area contributed by atoms with Crippen LogP contribution < -0.4 is 0 Å². The Hall–Kier alpha value is -2.20. The molecule has 2 amide bonds. The van der Waals surface area contributed by atoms with E-state index in [0.29, 0.717) is 51.1 Å². The van der Waals surface area contributed by atoms with Crippen molar-refractivity contribution in [3.8, 4) is 0 Å². The number of piperazine rings is 1. The third-order valence-electron chi connectivity index (χ3n) is 6.37. The van der Waals surface area contributed by atoms with Crippen LogP contribution >= 0.6 is 0 Å². The van der Waals surface area contributed by atoms with Gasteiger partial charge in [-0.3, -0.25) is 19.4 Å². The summed E-state index contributed by atoms with van der Waals surface area (Å²) in [7, 11) is 0. The summed E-state index contributed by atoms with van der Waals surface area (Å²) < 4.78 is 0. The molecule has 3 aliphatic rings. The summed E-state index contributed by atoms with van der Waals surface area (Å²) in [6.45, 7) is 12.5. The van der Waals surface area contributed by atoms with Crippen LogP contribution in [0.15, 0.2) is 0 Å². The number of carbonyl (C=O) groups excluding carboxylic acids is 2. The SMILES string of the molecule is CC1CCCN(CC(=O)N2CCN(C(=O)CN3CCCC(C)C3)CC2)C1.O=C(O)C(=O)O. The second-order valence-corrected chi connectivity index (χ2v) is 9.34. The van der Waals surface area contributed by atoms with Crippen molar-refractivity contribution in [2.75, 3.05) is 65.4 Å². The zero-order valence-electron chi connectivity index (χ0n) is 19.4. The lowest BCUT2D eigenvalue weighted by Gasteiger charge is -2.38. The van der Waals surface area contributed by atoms with Crippen LogP contribution in [-0.2, 0) is 19.2 Å². The number of carboxylic acids is 2. The van der Waals surface area contributed by atoms with Gasteiger partial charge in [0.15, 0.2) is 0 Å². The van der Waals surface area contributed by atoms with Crippen molar-refractivity contribution in [1.82, 2.24) is 19.6 Å². The Morgan fingerprint density at radius 2 is 1.00 bits per heavy atom. The molecule has 0 aliphatic carbocycles. The van der Waals surface area contributed by atoms with Crippen LogP contribution in [0.1, 0.15) is 39.5 Å². The molecule has 2 N–H and O–H groups in total. The number of hydrogen-bond donors (Lipinski definition) is 2. The van der Waals surface area contributed by atoms with E-state index in [1.165, 1.54) is 25.7 Å². The van der Waals surface area contributed by atoms with Gasteiger partial charge in [0.25, 0.3) is 0 Å². The highest BCUT2D eigenvalue weighted by molar-refractivity contribution is 6.27. The third kappa shape index (κ3) is 8.74. The highest BCUT2D eigenvalue weighted by atomic mass is 16.4. The van der Waals surface area contributed by atoms with Gasteiger partial charge in [-0.15, -0.1) is 0 Å². The molecule has 3 fully saturated rings. The number of rotatable bonds is 4. The topological polar surface area (TPSA) is 122 Å². The molecule has 32 heavy (non-hydrogen) atoms. The van der Waals surface area contributed by atoms with E-state index >= 15 is 0 Å². The van der Waals surface area contributed by atoms with E-state index in [2.05, 4.69) is 23.6 Å². The Kier molecular flexibility index (Phi) is 10.4. The molecule has 10 nitrogen and oxygen atoms in total. The van der Waals surface area contributed by atoms with E-state index in [-0.39, 0.29) is 11.8 Å². The summed E-state index contributed by atoms with van der Waals surface area (Å²) in [5, 5.41) is 14.8. The Bertz CT molecular complexity index is 609. The lowest BCUT2D eigenvalue weighted by molar-refractivity contribution is -0.159. The van der Waals surface area contributed by atoms with Gasteiger partial charge in [-0.2, -0.15) is 0 Å². The number of nitrogens with zero attached hydrogens (tertiary/aromatic N) is 4. The minimum atomic E-state index is -1.82. The van der Waals surface area contributed by atoms with E-state index in [0.717, 1.165) is 26.2 Å². The number of aliphatic carboxylic acids is 2. The van der Waals surface area contributed by atoms with E-state index in [1.807, 2.05) is 9.80 Å². The molecule has 2 unspecified atom stereocenters. The van der Waals surface area contributed by atoms with Crippen LogP contribution in [0.2, 0.25) is 0 Å². The van der Waals surface area contributed by atoms with Gasteiger partial charge in [-0.25, -0.2) is 9.59 Å². The molecule has 0 saturated carbocycles. The van der Waals surface area contributed by atoms with Crippen LogP contribution in [0.5, 0.6) is 0 Å². The zero-order chi connectivity index (χ0) is 23.7. The largest absolute Gasteiger partial charge is 0.473 e. The first-order chi connectivity index (χ1) is 15.2. The molecule has 3 heterocycles. The minimum Gasteiger partial charge on any atom is -0.473 e. The first kappa shape index (κ1) is 26.1. The number of carbonyl (C=O) groups is 4. The standard InChI is InChI=1S/C20H36N4O2.C2H2O4/c1-17-5-3-7-21(13-17)15-19(25)23-9-11-24(12-10-23)20(26)16-22-8-4-6-18(2)14-22;3-1(4)2(5)6/h17-18H,3-16H2,1-2H3;(H,3,4)(H,5,6). The molecule has 3 saturated heterocycles. The van der Waals surface area contributed by atoms with Gasteiger partial charge < -0.3 is 20.0 Å². The quantitative estimate of drug-likeness (QED) is 0.581. The predicted octanol–water partition coefficient (Wildman–Crippen LogP) is 0.277. The fourth-order valence-corrected chi connectivity index (χ4v) is 4.65.